The van der Waals surface area contributed by atoms with Gasteiger partial charge in [-0.3, -0.25) is 14.1 Å². The van der Waals surface area contributed by atoms with E-state index in [1.54, 1.807) is 0 Å². The molecule has 7 N–H and O–H groups in total. The molecule has 0 aliphatic heterocycles. The third kappa shape index (κ3) is 23.5. The van der Waals surface area contributed by atoms with Gasteiger partial charge in [0.25, 0.3) is 0 Å². The average Bonchev–Trinajstić information content (AvgIpc) is 2.20. The molecule has 0 aromatic rings. The van der Waals surface area contributed by atoms with E-state index in [1.807, 2.05) is 0 Å². The van der Waals surface area contributed by atoms with Gasteiger partial charge in [0.05, 0.1) is 0 Å². The van der Waals surface area contributed by atoms with Crippen molar-refractivity contribution in [3.63, 3.8) is 0 Å². The maximum Gasteiger partial charge on any atom is 1.00 e. The SMILES string of the molecule is NC(CSSCC(N)C(=O)O)C(=O)O.O=S(=O)([O-])O.[Na+]. The van der Waals surface area contributed by atoms with Crippen molar-refractivity contribution in [2.24, 2.45) is 11.5 Å². The number of carboxylic acids is 2. The molecule has 0 radical (unpaired) electrons. The maximum absolute atomic E-state index is 10.3. The minimum absolute atomic E-state index is 0. The van der Waals surface area contributed by atoms with Gasteiger partial charge in [0.2, 0.25) is 10.4 Å². The van der Waals surface area contributed by atoms with Crippen molar-refractivity contribution >= 4 is 43.9 Å². The Morgan fingerprint density at radius 3 is 1.40 bits per heavy atom. The van der Waals surface area contributed by atoms with Crippen molar-refractivity contribution in [1.29, 1.82) is 0 Å². The van der Waals surface area contributed by atoms with Crippen LogP contribution in [0.15, 0.2) is 0 Å². The van der Waals surface area contributed by atoms with Crippen LogP contribution in [0.3, 0.4) is 0 Å². The van der Waals surface area contributed by atoms with Crippen LogP contribution in [-0.2, 0) is 20.0 Å². The van der Waals surface area contributed by atoms with Crippen molar-refractivity contribution in [3.05, 3.63) is 0 Å². The Morgan fingerprint density at radius 2 is 1.25 bits per heavy atom. The van der Waals surface area contributed by atoms with Gasteiger partial charge in [0.15, 0.2) is 0 Å². The van der Waals surface area contributed by atoms with Crippen molar-refractivity contribution in [1.82, 2.24) is 0 Å². The molecule has 0 aliphatic carbocycles. The van der Waals surface area contributed by atoms with Gasteiger partial charge >= 0.3 is 41.5 Å². The first kappa shape index (κ1) is 25.4. The Labute approximate surface area is 145 Å². The number of hydrogen-bond donors (Lipinski definition) is 5. The first-order valence-corrected chi connectivity index (χ1v) is 8.20. The summed E-state index contributed by atoms with van der Waals surface area (Å²) in [7, 11) is -2.51. The minimum atomic E-state index is -4.92. The van der Waals surface area contributed by atoms with Gasteiger partial charge in [-0.1, -0.05) is 21.6 Å². The number of carboxylic acid groups (broad SMARTS) is 2. The molecule has 2 atom stereocenters. The summed E-state index contributed by atoms with van der Waals surface area (Å²) in [5, 5.41) is 16.8. The zero-order chi connectivity index (χ0) is 15.6. The van der Waals surface area contributed by atoms with Crippen LogP contribution in [0.5, 0.6) is 0 Å². The Hall–Kier alpha value is 0.430. The second-order valence-electron chi connectivity index (χ2n) is 2.89. The normalized spacial score (nSPS) is 13.2. The van der Waals surface area contributed by atoms with Crippen molar-refractivity contribution in [2.45, 2.75) is 12.1 Å². The average molecular weight is 360 g/mol. The Kier molecular flexibility index (Phi) is 16.7. The molecule has 20 heavy (non-hydrogen) atoms. The number of aliphatic carboxylic acids is 2. The van der Waals surface area contributed by atoms with Gasteiger partial charge < -0.3 is 26.2 Å². The van der Waals surface area contributed by atoms with Crippen molar-refractivity contribution < 1.29 is 66.9 Å². The van der Waals surface area contributed by atoms with E-state index in [1.165, 1.54) is 21.6 Å². The van der Waals surface area contributed by atoms with Crippen LogP contribution < -0.4 is 41.0 Å². The number of rotatable bonds is 7. The van der Waals surface area contributed by atoms with Crippen LogP contribution in [0.4, 0.5) is 0 Å². The molecular formula is C6H13N2NaO8S3. The molecule has 14 heteroatoms. The molecular weight excluding hydrogens is 347 g/mol. The molecule has 0 rings (SSSR count). The van der Waals surface area contributed by atoms with Crippen LogP contribution in [-0.4, -0.2) is 63.3 Å². The van der Waals surface area contributed by atoms with E-state index in [9.17, 15) is 9.59 Å². The monoisotopic (exact) mass is 360 g/mol. The maximum atomic E-state index is 10.3. The van der Waals surface area contributed by atoms with Crippen molar-refractivity contribution in [2.75, 3.05) is 11.5 Å². The first-order valence-electron chi connectivity index (χ1n) is 4.34. The largest absolute Gasteiger partial charge is 1.00 e. The minimum Gasteiger partial charge on any atom is -0.726 e. The molecule has 0 spiro atoms. The smallest absolute Gasteiger partial charge is 0.726 e. The van der Waals surface area contributed by atoms with Gasteiger partial charge in [0, 0.05) is 11.5 Å². The molecule has 0 saturated heterocycles. The van der Waals surface area contributed by atoms with Gasteiger partial charge in [0.1, 0.15) is 12.1 Å². The van der Waals surface area contributed by atoms with E-state index in [4.69, 9.17) is 39.2 Å². The summed E-state index contributed by atoms with van der Waals surface area (Å²) >= 11 is 0. The Bertz CT molecular complexity index is 362. The van der Waals surface area contributed by atoms with Gasteiger partial charge in [-0.15, -0.1) is 0 Å². The molecule has 0 fully saturated rings. The quantitative estimate of drug-likeness (QED) is 0.0953. The van der Waals surface area contributed by atoms with E-state index in [0.717, 1.165) is 0 Å². The summed E-state index contributed by atoms with van der Waals surface area (Å²) in [5.74, 6) is -1.68. The molecule has 0 bridgehead atoms. The fourth-order valence-electron chi connectivity index (χ4n) is 0.385. The molecule has 0 aromatic carbocycles. The fourth-order valence-corrected chi connectivity index (χ4v) is 2.61. The summed E-state index contributed by atoms with van der Waals surface area (Å²) in [6, 6.07) is -1.85. The van der Waals surface area contributed by atoms with Gasteiger partial charge in [-0.2, -0.15) is 0 Å². The zero-order valence-electron chi connectivity index (χ0n) is 10.3. The number of nitrogens with two attached hydrogens (primary N) is 2. The summed E-state index contributed by atoms with van der Waals surface area (Å²) in [5.41, 5.74) is 10.4. The van der Waals surface area contributed by atoms with Crippen LogP contribution >= 0.6 is 21.6 Å². The van der Waals surface area contributed by atoms with Crippen LogP contribution in [0.1, 0.15) is 0 Å². The second-order valence-corrected chi connectivity index (χ2v) is 6.29. The van der Waals surface area contributed by atoms with Crippen LogP contribution in [0, 0.1) is 0 Å². The van der Waals surface area contributed by atoms with Gasteiger partial charge in [-0.05, 0) is 0 Å². The third-order valence-corrected chi connectivity index (χ3v) is 3.69. The molecule has 114 valence electrons. The van der Waals surface area contributed by atoms with E-state index in [2.05, 4.69) is 0 Å². The van der Waals surface area contributed by atoms with E-state index >= 15 is 0 Å². The first-order chi connectivity index (χ1) is 8.45. The van der Waals surface area contributed by atoms with E-state index < -0.39 is 34.4 Å². The third-order valence-electron chi connectivity index (χ3n) is 1.21. The topological polar surface area (TPSA) is 204 Å². The zero-order valence-corrected chi connectivity index (χ0v) is 14.8. The summed E-state index contributed by atoms with van der Waals surface area (Å²) in [6.45, 7) is 0. The molecule has 0 saturated carbocycles. The standard InChI is InChI=1S/C6H12N2O4S2.Na.H2O4S/c7-3(5(9)10)1-13-14-2-4(8)6(11)12;;1-5(2,3)4/h3-4H,1-2,7-8H2,(H,9,10)(H,11,12);;(H2,1,2,3,4)/q;+1;/p-1. The predicted molar refractivity (Wildman–Crippen MR) is 68.5 cm³/mol. The van der Waals surface area contributed by atoms with Crippen LogP contribution in [0.2, 0.25) is 0 Å². The molecule has 10 nitrogen and oxygen atoms in total. The molecule has 0 heterocycles. The van der Waals surface area contributed by atoms with Gasteiger partial charge in [-0.25, -0.2) is 8.42 Å². The van der Waals surface area contributed by atoms with Crippen LogP contribution in [0.25, 0.3) is 0 Å². The summed E-state index contributed by atoms with van der Waals surface area (Å²) in [4.78, 5) is 20.5. The fraction of sp³-hybridized carbons (Fsp3) is 0.667. The summed E-state index contributed by atoms with van der Waals surface area (Å²) in [6.07, 6.45) is 0. The summed E-state index contributed by atoms with van der Waals surface area (Å²) < 4.78 is 32.8. The predicted octanol–water partition coefficient (Wildman–Crippen LogP) is -4.80. The van der Waals surface area contributed by atoms with Crippen molar-refractivity contribution in [3.8, 4) is 0 Å². The molecule has 0 aliphatic rings. The molecule has 0 aromatic heterocycles. The second kappa shape index (κ2) is 13.1. The molecule has 0 amide bonds. The number of carbonyl (C=O) groups is 2. The Balaban J connectivity index is -0.000000414. The van der Waals surface area contributed by atoms with E-state index in [0.29, 0.717) is 0 Å². The Morgan fingerprint density at radius 1 is 1.05 bits per heavy atom. The number of hydrogen-bond acceptors (Lipinski definition) is 9. The molecule has 2 unspecified atom stereocenters. The van der Waals surface area contributed by atoms with E-state index in [-0.39, 0.29) is 41.1 Å².